The molecule has 1 fully saturated rings. The number of ether oxygens (including phenoxy) is 1. The highest BCUT2D eigenvalue weighted by Gasteiger charge is 2.29. The van der Waals surface area contributed by atoms with Gasteiger partial charge in [-0.3, -0.25) is 10.8 Å². The molecular weight excluding hydrogens is 315 g/mol. The molecule has 0 heterocycles. The molecular formula is C12H13IN2O. The zero-order chi connectivity index (χ0) is 11.7. The highest BCUT2D eigenvalue weighted by molar-refractivity contribution is 14.1. The van der Waals surface area contributed by atoms with Gasteiger partial charge in [-0.25, -0.2) is 0 Å². The van der Waals surface area contributed by atoms with Gasteiger partial charge in [0.25, 0.3) is 0 Å². The molecule has 2 rings (SSSR count). The number of halogens is 1. The molecule has 0 spiro atoms. The van der Waals surface area contributed by atoms with Crippen LogP contribution in [0.3, 0.4) is 0 Å². The molecule has 1 aromatic carbocycles. The Kier molecular flexibility index (Phi) is 3.28. The molecule has 3 nitrogen and oxygen atoms in total. The molecule has 0 bridgehead atoms. The number of hydrogen-bond donors (Lipinski definition) is 2. The minimum absolute atomic E-state index is 0.0785. The summed E-state index contributed by atoms with van der Waals surface area (Å²) in [4.78, 5) is 0. The smallest absolute Gasteiger partial charge is 0.220 e. The van der Waals surface area contributed by atoms with Crippen molar-refractivity contribution in [3.05, 3.63) is 32.9 Å². The first-order valence-corrected chi connectivity index (χ1v) is 6.27. The summed E-state index contributed by atoms with van der Waals surface area (Å²) in [6.45, 7) is 2.03. The standard InChI is InChI=1S/C12H13IN2O/c1-7-2-3-9(6-10(7)13)12(15)16-11(14)8-4-5-8/h2-3,6,8,14-15H,4-5H2,1H3. The van der Waals surface area contributed by atoms with Crippen LogP contribution in [0.25, 0.3) is 0 Å². The predicted molar refractivity (Wildman–Crippen MR) is 72.3 cm³/mol. The van der Waals surface area contributed by atoms with E-state index in [1.165, 1.54) is 5.56 Å². The Morgan fingerprint density at radius 2 is 2.06 bits per heavy atom. The molecule has 0 radical (unpaired) electrons. The van der Waals surface area contributed by atoms with Gasteiger partial charge in [-0.15, -0.1) is 0 Å². The molecule has 0 atom stereocenters. The molecule has 84 valence electrons. The van der Waals surface area contributed by atoms with Crippen LogP contribution in [0.5, 0.6) is 0 Å². The van der Waals surface area contributed by atoms with Crippen molar-refractivity contribution in [1.82, 2.24) is 0 Å². The average Bonchev–Trinajstić information content (AvgIpc) is 3.05. The molecule has 0 aliphatic heterocycles. The zero-order valence-electron chi connectivity index (χ0n) is 9.01. The Balaban J connectivity index is 2.08. The van der Waals surface area contributed by atoms with Gasteiger partial charge in [0.2, 0.25) is 5.90 Å². The molecule has 1 aliphatic carbocycles. The van der Waals surface area contributed by atoms with Crippen molar-refractivity contribution in [2.45, 2.75) is 19.8 Å². The fraction of sp³-hybridized carbons (Fsp3) is 0.333. The summed E-state index contributed by atoms with van der Waals surface area (Å²) in [5.41, 5.74) is 1.93. The van der Waals surface area contributed by atoms with Crippen LogP contribution >= 0.6 is 22.6 Å². The van der Waals surface area contributed by atoms with Gasteiger partial charge in [0.05, 0.1) is 0 Å². The molecule has 1 aromatic rings. The Labute approximate surface area is 108 Å². The largest absolute Gasteiger partial charge is 0.425 e. The lowest BCUT2D eigenvalue weighted by Crippen LogP contribution is -2.13. The zero-order valence-corrected chi connectivity index (χ0v) is 11.2. The number of aryl methyl sites for hydroxylation is 1. The third-order valence-corrected chi connectivity index (χ3v) is 3.76. The molecule has 2 N–H and O–H groups in total. The van der Waals surface area contributed by atoms with Crippen LogP contribution in [-0.4, -0.2) is 11.8 Å². The summed E-state index contributed by atoms with van der Waals surface area (Å²) >= 11 is 2.24. The lowest BCUT2D eigenvalue weighted by atomic mass is 10.1. The van der Waals surface area contributed by atoms with Crippen molar-refractivity contribution in [3.8, 4) is 0 Å². The van der Waals surface area contributed by atoms with Crippen molar-refractivity contribution in [3.63, 3.8) is 0 Å². The third kappa shape index (κ3) is 2.61. The molecule has 0 saturated heterocycles. The van der Waals surface area contributed by atoms with E-state index in [0.717, 1.165) is 22.0 Å². The minimum Gasteiger partial charge on any atom is -0.425 e. The Hall–Kier alpha value is -0.910. The lowest BCUT2D eigenvalue weighted by molar-refractivity contribution is 0.512. The Morgan fingerprint density at radius 1 is 1.38 bits per heavy atom. The normalized spacial score (nSPS) is 14.6. The van der Waals surface area contributed by atoms with Gasteiger partial charge in [0.15, 0.2) is 5.90 Å². The molecule has 0 amide bonds. The van der Waals surface area contributed by atoms with Gasteiger partial charge < -0.3 is 4.74 Å². The van der Waals surface area contributed by atoms with Crippen LogP contribution in [0.15, 0.2) is 18.2 Å². The number of nitrogens with one attached hydrogen (secondary N) is 2. The van der Waals surface area contributed by atoms with Crippen molar-refractivity contribution in [2.24, 2.45) is 5.92 Å². The highest BCUT2D eigenvalue weighted by Crippen LogP contribution is 2.30. The SMILES string of the molecule is Cc1ccc(C(=N)OC(=N)C2CC2)cc1I. The lowest BCUT2D eigenvalue weighted by Gasteiger charge is -2.08. The van der Waals surface area contributed by atoms with Crippen molar-refractivity contribution in [1.29, 1.82) is 10.8 Å². The monoisotopic (exact) mass is 328 g/mol. The van der Waals surface area contributed by atoms with Crippen LogP contribution in [0.1, 0.15) is 24.0 Å². The van der Waals surface area contributed by atoms with E-state index >= 15 is 0 Å². The first kappa shape index (κ1) is 11.6. The van der Waals surface area contributed by atoms with Crippen LogP contribution in [0.2, 0.25) is 0 Å². The van der Waals surface area contributed by atoms with Gasteiger partial charge in [0.1, 0.15) is 0 Å². The van der Waals surface area contributed by atoms with Crippen LogP contribution < -0.4 is 0 Å². The summed E-state index contributed by atoms with van der Waals surface area (Å²) in [5, 5.41) is 15.4. The molecule has 16 heavy (non-hydrogen) atoms. The summed E-state index contributed by atoms with van der Waals surface area (Å²) in [7, 11) is 0. The van der Waals surface area contributed by atoms with Crippen LogP contribution in [-0.2, 0) is 4.74 Å². The summed E-state index contributed by atoms with van der Waals surface area (Å²) in [6, 6.07) is 5.74. The summed E-state index contributed by atoms with van der Waals surface area (Å²) in [5.74, 6) is 0.570. The predicted octanol–water partition coefficient (Wildman–Crippen LogP) is 3.33. The maximum absolute atomic E-state index is 7.78. The maximum Gasteiger partial charge on any atom is 0.220 e. The second kappa shape index (κ2) is 4.53. The molecule has 1 aliphatic rings. The topological polar surface area (TPSA) is 56.9 Å². The summed E-state index contributed by atoms with van der Waals surface area (Å²) < 4.78 is 6.33. The number of benzene rings is 1. The van der Waals surface area contributed by atoms with E-state index in [1.807, 2.05) is 25.1 Å². The molecule has 4 heteroatoms. The fourth-order valence-corrected chi connectivity index (χ4v) is 1.85. The second-order valence-electron chi connectivity index (χ2n) is 4.03. The van der Waals surface area contributed by atoms with E-state index in [1.54, 1.807) is 0 Å². The van der Waals surface area contributed by atoms with Crippen molar-refractivity contribution in [2.75, 3.05) is 0 Å². The Bertz CT molecular complexity index is 452. The Morgan fingerprint density at radius 3 is 2.62 bits per heavy atom. The molecule has 0 unspecified atom stereocenters. The van der Waals surface area contributed by atoms with E-state index in [2.05, 4.69) is 22.6 Å². The van der Waals surface area contributed by atoms with Crippen molar-refractivity contribution < 1.29 is 4.74 Å². The van der Waals surface area contributed by atoms with Gasteiger partial charge in [-0.1, -0.05) is 6.07 Å². The van der Waals surface area contributed by atoms with Gasteiger partial charge in [-0.2, -0.15) is 0 Å². The van der Waals surface area contributed by atoms with Crippen molar-refractivity contribution >= 4 is 34.4 Å². The van der Waals surface area contributed by atoms with Crippen LogP contribution in [0, 0.1) is 27.2 Å². The van der Waals surface area contributed by atoms with E-state index in [-0.39, 0.29) is 17.7 Å². The quantitative estimate of drug-likeness (QED) is 0.488. The molecule has 0 aromatic heterocycles. The first-order valence-electron chi connectivity index (χ1n) is 5.19. The maximum atomic E-state index is 7.78. The summed E-state index contributed by atoms with van der Waals surface area (Å²) in [6.07, 6.45) is 2.05. The number of hydrogen-bond acceptors (Lipinski definition) is 3. The number of rotatable bonds is 2. The first-order chi connectivity index (χ1) is 7.58. The van der Waals surface area contributed by atoms with Gasteiger partial charge in [0, 0.05) is 15.1 Å². The van der Waals surface area contributed by atoms with Crippen LogP contribution in [0.4, 0.5) is 0 Å². The van der Waals surface area contributed by atoms with Gasteiger partial charge >= 0.3 is 0 Å². The van der Waals surface area contributed by atoms with E-state index in [4.69, 9.17) is 15.6 Å². The molecule has 1 saturated carbocycles. The van der Waals surface area contributed by atoms with Gasteiger partial charge in [-0.05, 0) is 60.1 Å². The van der Waals surface area contributed by atoms with E-state index in [0.29, 0.717) is 0 Å². The highest BCUT2D eigenvalue weighted by atomic mass is 127. The second-order valence-corrected chi connectivity index (χ2v) is 5.20. The van der Waals surface area contributed by atoms with E-state index < -0.39 is 0 Å². The van der Waals surface area contributed by atoms with E-state index in [9.17, 15) is 0 Å². The minimum atomic E-state index is 0.0785. The third-order valence-electron chi connectivity index (χ3n) is 2.59. The average molecular weight is 328 g/mol. The fourth-order valence-electron chi connectivity index (χ4n) is 1.33.